The number of benzene rings is 1. The van der Waals surface area contributed by atoms with E-state index >= 15 is 0 Å². The molecule has 7 heteroatoms. The van der Waals surface area contributed by atoms with Gasteiger partial charge in [0.25, 0.3) is 0 Å². The number of rotatable bonds is 6. The van der Waals surface area contributed by atoms with Crippen molar-refractivity contribution in [2.24, 2.45) is 0 Å². The molecule has 0 aliphatic carbocycles. The quantitative estimate of drug-likeness (QED) is 0.768. The molecule has 0 unspecified atom stereocenters. The zero-order valence-electron chi connectivity index (χ0n) is 9.90. The Morgan fingerprint density at radius 2 is 2.11 bits per heavy atom. The fraction of sp³-hybridized carbons (Fsp3) is 0.364. The zero-order chi connectivity index (χ0) is 13.6. The minimum absolute atomic E-state index is 0.0790. The number of nitrogens with zero attached hydrogens (tertiary/aromatic N) is 1. The van der Waals surface area contributed by atoms with Crippen LogP contribution in [0, 0.1) is 11.3 Å². The van der Waals surface area contributed by atoms with Crippen molar-refractivity contribution in [2.75, 3.05) is 19.6 Å². The summed E-state index contributed by atoms with van der Waals surface area (Å²) in [5.41, 5.74) is 0.0790. The van der Waals surface area contributed by atoms with Gasteiger partial charge in [0.05, 0.1) is 5.56 Å². The molecular formula is C11H14ClN3O2S. The molecule has 18 heavy (non-hydrogen) atoms. The first-order valence-corrected chi connectivity index (χ1v) is 7.27. The Kier molecular flexibility index (Phi) is 5.56. The number of hydrogen-bond acceptors (Lipinski definition) is 4. The van der Waals surface area contributed by atoms with Crippen LogP contribution in [0.15, 0.2) is 23.1 Å². The van der Waals surface area contributed by atoms with E-state index in [1.54, 1.807) is 0 Å². The molecule has 0 aliphatic heterocycles. The van der Waals surface area contributed by atoms with E-state index in [1.165, 1.54) is 18.2 Å². The van der Waals surface area contributed by atoms with Gasteiger partial charge in [-0.3, -0.25) is 0 Å². The van der Waals surface area contributed by atoms with E-state index in [-0.39, 0.29) is 22.0 Å². The van der Waals surface area contributed by atoms with Gasteiger partial charge in [0.1, 0.15) is 11.0 Å². The topological polar surface area (TPSA) is 82.0 Å². The molecule has 0 aliphatic rings. The van der Waals surface area contributed by atoms with Crippen molar-refractivity contribution in [3.63, 3.8) is 0 Å². The maximum absolute atomic E-state index is 12.0. The van der Waals surface area contributed by atoms with E-state index in [1.807, 2.05) is 13.0 Å². The predicted octanol–water partition coefficient (Wildman–Crippen LogP) is 1.10. The second-order valence-corrected chi connectivity index (χ2v) is 5.68. The Labute approximate surface area is 112 Å². The van der Waals surface area contributed by atoms with E-state index in [0.717, 1.165) is 6.54 Å². The second kappa shape index (κ2) is 6.71. The van der Waals surface area contributed by atoms with Crippen LogP contribution in [0.2, 0.25) is 5.02 Å². The van der Waals surface area contributed by atoms with Crippen molar-refractivity contribution in [2.45, 2.75) is 11.8 Å². The average molecular weight is 288 g/mol. The van der Waals surface area contributed by atoms with E-state index in [4.69, 9.17) is 16.9 Å². The molecule has 0 heterocycles. The lowest BCUT2D eigenvalue weighted by Crippen LogP contribution is -2.32. The largest absolute Gasteiger partial charge is 0.316 e. The van der Waals surface area contributed by atoms with Crippen LogP contribution in [-0.2, 0) is 10.0 Å². The van der Waals surface area contributed by atoms with Gasteiger partial charge in [-0.1, -0.05) is 18.5 Å². The summed E-state index contributed by atoms with van der Waals surface area (Å²) in [6, 6.07) is 5.98. The minimum Gasteiger partial charge on any atom is -0.316 e. The molecule has 0 spiro atoms. The van der Waals surface area contributed by atoms with E-state index in [9.17, 15) is 8.42 Å². The SMILES string of the molecule is CCNCCNS(=O)(=O)c1cc(Cl)ccc1C#N. The second-order valence-electron chi connectivity index (χ2n) is 3.50. The maximum Gasteiger partial charge on any atom is 0.241 e. The third-order valence-electron chi connectivity index (χ3n) is 2.20. The highest BCUT2D eigenvalue weighted by Crippen LogP contribution is 2.19. The molecule has 1 aromatic rings. The van der Waals surface area contributed by atoms with Gasteiger partial charge in [-0.2, -0.15) is 5.26 Å². The molecule has 98 valence electrons. The molecule has 0 aromatic heterocycles. The molecule has 0 bridgehead atoms. The number of likely N-dealkylation sites (N-methyl/N-ethyl adjacent to an activating group) is 1. The van der Waals surface area contributed by atoms with Crippen molar-refractivity contribution in [1.82, 2.24) is 10.0 Å². The summed E-state index contributed by atoms with van der Waals surface area (Å²) in [6.45, 7) is 3.48. The standard InChI is InChI=1S/C11H14ClN3O2S/c1-2-14-5-6-15-18(16,17)11-7-10(12)4-3-9(11)8-13/h3-4,7,14-15H,2,5-6H2,1H3. The Morgan fingerprint density at radius 3 is 2.72 bits per heavy atom. The normalized spacial score (nSPS) is 11.2. The van der Waals surface area contributed by atoms with Gasteiger partial charge in [-0.15, -0.1) is 0 Å². The van der Waals surface area contributed by atoms with Crippen LogP contribution in [0.3, 0.4) is 0 Å². The third kappa shape index (κ3) is 3.96. The smallest absolute Gasteiger partial charge is 0.241 e. The molecular weight excluding hydrogens is 274 g/mol. The van der Waals surface area contributed by atoms with Gasteiger partial charge in [0.15, 0.2) is 0 Å². The number of nitrogens with one attached hydrogen (secondary N) is 2. The first-order chi connectivity index (χ1) is 8.51. The Morgan fingerprint density at radius 1 is 1.39 bits per heavy atom. The van der Waals surface area contributed by atoms with E-state index in [0.29, 0.717) is 6.54 Å². The summed E-state index contributed by atoms with van der Waals surface area (Å²) in [4.78, 5) is -0.0889. The third-order valence-corrected chi connectivity index (χ3v) is 3.93. The van der Waals surface area contributed by atoms with Crippen LogP contribution in [-0.4, -0.2) is 28.1 Å². The molecule has 0 saturated carbocycles. The Balaban J connectivity index is 2.91. The van der Waals surface area contributed by atoms with Crippen molar-refractivity contribution in [1.29, 1.82) is 5.26 Å². The van der Waals surface area contributed by atoms with Gasteiger partial charge in [0.2, 0.25) is 10.0 Å². The fourth-order valence-electron chi connectivity index (χ4n) is 1.34. The van der Waals surface area contributed by atoms with Gasteiger partial charge in [-0.05, 0) is 24.7 Å². The van der Waals surface area contributed by atoms with Gasteiger partial charge in [0, 0.05) is 18.1 Å². The van der Waals surface area contributed by atoms with Crippen LogP contribution in [0.5, 0.6) is 0 Å². The van der Waals surface area contributed by atoms with Crippen LogP contribution in [0.25, 0.3) is 0 Å². The summed E-state index contributed by atoms with van der Waals surface area (Å²) < 4.78 is 26.4. The lowest BCUT2D eigenvalue weighted by Gasteiger charge is -2.08. The fourth-order valence-corrected chi connectivity index (χ4v) is 2.79. The predicted molar refractivity (Wildman–Crippen MR) is 69.9 cm³/mol. The molecule has 0 amide bonds. The van der Waals surface area contributed by atoms with Crippen molar-refractivity contribution in [3.05, 3.63) is 28.8 Å². The van der Waals surface area contributed by atoms with Gasteiger partial charge in [-0.25, -0.2) is 13.1 Å². The molecule has 2 N–H and O–H groups in total. The molecule has 0 atom stereocenters. The number of sulfonamides is 1. The van der Waals surface area contributed by atoms with Crippen molar-refractivity contribution < 1.29 is 8.42 Å². The molecule has 0 radical (unpaired) electrons. The summed E-state index contributed by atoms with van der Waals surface area (Å²) in [7, 11) is -3.70. The highest BCUT2D eigenvalue weighted by molar-refractivity contribution is 7.89. The molecule has 1 rings (SSSR count). The number of nitriles is 1. The summed E-state index contributed by atoms with van der Waals surface area (Å²) in [5.74, 6) is 0. The average Bonchev–Trinajstić information content (AvgIpc) is 2.35. The summed E-state index contributed by atoms with van der Waals surface area (Å²) >= 11 is 5.75. The number of halogens is 1. The first kappa shape index (κ1) is 14.9. The van der Waals surface area contributed by atoms with Crippen LogP contribution < -0.4 is 10.0 Å². The van der Waals surface area contributed by atoms with Crippen LogP contribution in [0.4, 0.5) is 0 Å². The highest BCUT2D eigenvalue weighted by Gasteiger charge is 2.18. The van der Waals surface area contributed by atoms with Gasteiger partial charge >= 0.3 is 0 Å². The molecule has 1 aromatic carbocycles. The molecule has 0 fully saturated rings. The lowest BCUT2D eigenvalue weighted by molar-refractivity contribution is 0.577. The van der Waals surface area contributed by atoms with Crippen LogP contribution >= 0.6 is 11.6 Å². The lowest BCUT2D eigenvalue weighted by atomic mass is 10.2. The van der Waals surface area contributed by atoms with Gasteiger partial charge < -0.3 is 5.32 Å². The van der Waals surface area contributed by atoms with Crippen LogP contribution in [0.1, 0.15) is 12.5 Å². The summed E-state index contributed by atoms with van der Waals surface area (Å²) in [5, 5.41) is 12.2. The number of hydrogen-bond donors (Lipinski definition) is 2. The maximum atomic E-state index is 12.0. The van der Waals surface area contributed by atoms with E-state index < -0.39 is 10.0 Å². The Bertz CT molecular complexity index is 552. The summed E-state index contributed by atoms with van der Waals surface area (Å²) in [6.07, 6.45) is 0. The Hall–Kier alpha value is -1.13. The minimum atomic E-state index is -3.70. The monoisotopic (exact) mass is 287 g/mol. The zero-order valence-corrected chi connectivity index (χ0v) is 11.5. The highest BCUT2D eigenvalue weighted by atomic mass is 35.5. The van der Waals surface area contributed by atoms with Crippen molar-refractivity contribution >= 4 is 21.6 Å². The van der Waals surface area contributed by atoms with Crippen molar-refractivity contribution in [3.8, 4) is 6.07 Å². The molecule has 5 nitrogen and oxygen atoms in total. The first-order valence-electron chi connectivity index (χ1n) is 5.41. The van der Waals surface area contributed by atoms with E-state index in [2.05, 4.69) is 10.0 Å². The molecule has 0 saturated heterocycles.